The number of nitrogens with one attached hydrogen (secondary N) is 1. The fourth-order valence-electron chi connectivity index (χ4n) is 3.76. The van der Waals surface area contributed by atoms with Gasteiger partial charge in [0.1, 0.15) is 0 Å². The highest BCUT2D eigenvalue weighted by Gasteiger charge is 2.33. The van der Waals surface area contributed by atoms with Crippen molar-refractivity contribution in [2.45, 2.75) is 54.9 Å². The summed E-state index contributed by atoms with van der Waals surface area (Å²) < 4.78 is 56.0. The number of benzene rings is 2. The summed E-state index contributed by atoms with van der Waals surface area (Å²) in [6.45, 7) is 6.11. The van der Waals surface area contributed by atoms with Crippen LogP contribution in [0, 0.1) is 0 Å². The lowest BCUT2D eigenvalue weighted by molar-refractivity contribution is 0.0696. The Morgan fingerprint density at radius 1 is 1.00 bits per heavy atom. The Labute approximate surface area is 189 Å². The van der Waals surface area contributed by atoms with Crippen LogP contribution in [-0.4, -0.2) is 51.3 Å². The van der Waals surface area contributed by atoms with E-state index in [1.807, 2.05) is 26.8 Å². The van der Waals surface area contributed by atoms with Crippen LogP contribution in [0.15, 0.2) is 58.3 Å². The minimum absolute atomic E-state index is 0.0875. The van der Waals surface area contributed by atoms with Crippen LogP contribution in [0.5, 0.6) is 0 Å². The number of hydrogen-bond donors (Lipinski definition) is 2. The van der Waals surface area contributed by atoms with Crippen molar-refractivity contribution in [2.24, 2.45) is 0 Å². The van der Waals surface area contributed by atoms with Gasteiger partial charge in [-0.05, 0) is 48.1 Å². The first-order valence-electron chi connectivity index (χ1n) is 10.3. The van der Waals surface area contributed by atoms with E-state index < -0.39 is 32.1 Å². The van der Waals surface area contributed by atoms with Gasteiger partial charge in [0.2, 0.25) is 20.0 Å². The Morgan fingerprint density at radius 2 is 1.62 bits per heavy atom. The van der Waals surface area contributed by atoms with E-state index in [0.717, 1.165) is 6.07 Å². The lowest BCUT2D eigenvalue weighted by Crippen LogP contribution is -2.46. The number of rotatable bonds is 6. The van der Waals surface area contributed by atoms with E-state index in [1.54, 1.807) is 18.2 Å². The van der Waals surface area contributed by atoms with Crippen molar-refractivity contribution in [2.75, 3.05) is 13.1 Å². The number of carboxylic acid groups (broad SMARTS) is 1. The molecule has 0 aromatic heterocycles. The van der Waals surface area contributed by atoms with Crippen LogP contribution in [0.25, 0.3) is 0 Å². The van der Waals surface area contributed by atoms with Gasteiger partial charge in [-0.3, -0.25) is 0 Å². The zero-order valence-electron chi connectivity index (χ0n) is 18.3. The van der Waals surface area contributed by atoms with Crippen molar-refractivity contribution in [3.63, 3.8) is 0 Å². The Balaban J connectivity index is 1.73. The predicted octanol–water partition coefficient (Wildman–Crippen LogP) is 2.81. The predicted molar refractivity (Wildman–Crippen MR) is 121 cm³/mol. The van der Waals surface area contributed by atoms with Crippen molar-refractivity contribution in [1.29, 1.82) is 0 Å². The molecule has 2 aromatic carbocycles. The smallest absolute Gasteiger partial charge is 0.335 e. The second kappa shape index (κ2) is 8.93. The first kappa shape index (κ1) is 24.4. The number of carbonyl (C=O) groups is 1. The second-order valence-electron chi connectivity index (χ2n) is 8.88. The average Bonchev–Trinajstić information content (AvgIpc) is 2.73. The summed E-state index contributed by atoms with van der Waals surface area (Å²) >= 11 is 0. The molecule has 0 aliphatic carbocycles. The number of hydrogen-bond acceptors (Lipinski definition) is 5. The first-order chi connectivity index (χ1) is 14.8. The maximum Gasteiger partial charge on any atom is 0.335 e. The van der Waals surface area contributed by atoms with E-state index in [4.69, 9.17) is 5.11 Å². The van der Waals surface area contributed by atoms with E-state index >= 15 is 0 Å². The third-order valence-corrected chi connectivity index (χ3v) is 8.95. The van der Waals surface area contributed by atoms with Gasteiger partial charge in [0.15, 0.2) is 0 Å². The molecule has 1 aliphatic rings. The van der Waals surface area contributed by atoms with Gasteiger partial charge in [-0.1, -0.05) is 45.0 Å². The summed E-state index contributed by atoms with van der Waals surface area (Å²) in [5.41, 5.74) is 0.254. The summed E-state index contributed by atoms with van der Waals surface area (Å²) in [5.74, 6) is -1.20. The van der Waals surface area contributed by atoms with Gasteiger partial charge < -0.3 is 5.11 Å². The van der Waals surface area contributed by atoms with E-state index in [2.05, 4.69) is 4.72 Å². The van der Waals surface area contributed by atoms with Crippen LogP contribution in [0.3, 0.4) is 0 Å². The molecule has 0 amide bonds. The largest absolute Gasteiger partial charge is 0.478 e. The molecular weight excluding hydrogens is 452 g/mol. The molecule has 10 heteroatoms. The molecule has 3 rings (SSSR count). The van der Waals surface area contributed by atoms with Crippen LogP contribution < -0.4 is 4.72 Å². The molecule has 2 N–H and O–H groups in total. The molecule has 32 heavy (non-hydrogen) atoms. The highest BCUT2D eigenvalue weighted by atomic mass is 32.2. The van der Waals surface area contributed by atoms with Crippen LogP contribution in [-0.2, 0) is 25.5 Å². The Bertz CT molecular complexity index is 1210. The zero-order chi connectivity index (χ0) is 23.7. The minimum atomic E-state index is -3.87. The molecule has 0 unspecified atom stereocenters. The molecule has 0 saturated carbocycles. The third kappa shape index (κ3) is 5.20. The summed E-state index contributed by atoms with van der Waals surface area (Å²) in [7, 11) is -7.65. The van der Waals surface area contributed by atoms with Gasteiger partial charge in [0.05, 0.1) is 15.4 Å². The number of sulfonamides is 2. The summed E-state index contributed by atoms with van der Waals surface area (Å²) in [4.78, 5) is 11.3. The van der Waals surface area contributed by atoms with Crippen molar-refractivity contribution >= 4 is 26.0 Å². The quantitative estimate of drug-likeness (QED) is 0.656. The molecular formula is C22H28N2O6S2. The van der Waals surface area contributed by atoms with Gasteiger partial charge >= 0.3 is 5.97 Å². The molecule has 0 radical (unpaired) electrons. The molecule has 1 saturated heterocycles. The van der Waals surface area contributed by atoms with Crippen LogP contribution in [0.1, 0.15) is 49.5 Å². The molecule has 8 nitrogen and oxygen atoms in total. The number of piperidine rings is 1. The maximum atomic E-state index is 13.1. The van der Waals surface area contributed by atoms with Crippen LogP contribution in [0.2, 0.25) is 0 Å². The minimum Gasteiger partial charge on any atom is -0.478 e. The molecule has 174 valence electrons. The Hall–Kier alpha value is -2.27. The fraction of sp³-hybridized carbons (Fsp3) is 0.409. The highest BCUT2D eigenvalue weighted by Crippen LogP contribution is 2.29. The van der Waals surface area contributed by atoms with Gasteiger partial charge in [-0.15, -0.1) is 0 Å². The second-order valence-corrected chi connectivity index (χ2v) is 12.5. The van der Waals surface area contributed by atoms with E-state index in [1.165, 1.54) is 22.5 Å². The van der Waals surface area contributed by atoms with Crippen molar-refractivity contribution in [1.82, 2.24) is 9.03 Å². The van der Waals surface area contributed by atoms with Gasteiger partial charge in [-0.2, -0.15) is 4.31 Å². The van der Waals surface area contributed by atoms with Gasteiger partial charge in [-0.25, -0.2) is 26.4 Å². The SMILES string of the molecule is CC(C)(C)c1ccccc1S(=O)(=O)NC1CCN(S(=O)(=O)c2cccc(C(=O)O)c2)CC1. The standard InChI is InChI=1S/C22H28N2O6S2/c1-22(2,3)19-9-4-5-10-20(19)31(27,28)23-17-11-13-24(14-12-17)32(29,30)18-8-6-7-16(15-18)21(25)26/h4-10,15,17,23H,11-14H2,1-3H3,(H,25,26). The van der Waals surface area contributed by atoms with E-state index in [0.29, 0.717) is 18.4 Å². The highest BCUT2D eigenvalue weighted by molar-refractivity contribution is 7.89. The average molecular weight is 481 g/mol. The summed E-state index contributed by atoms with van der Waals surface area (Å²) in [6.07, 6.45) is 0.629. The van der Waals surface area contributed by atoms with Crippen molar-refractivity contribution in [3.8, 4) is 0 Å². The van der Waals surface area contributed by atoms with Crippen molar-refractivity contribution < 1.29 is 26.7 Å². The molecule has 1 heterocycles. The molecule has 1 aliphatic heterocycles. The maximum absolute atomic E-state index is 13.1. The Kier molecular flexibility index (Phi) is 6.80. The molecule has 0 spiro atoms. The lowest BCUT2D eigenvalue weighted by atomic mass is 9.87. The number of carboxylic acids is 1. The fourth-order valence-corrected chi connectivity index (χ4v) is 7.00. The number of nitrogens with zero attached hydrogens (tertiary/aromatic N) is 1. The molecule has 0 bridgehead atoms. The normalized spacial score (nSPS) is 16.7. The summed E-state index contributed by atoms with van der Waals surface area (Å²) in [5, 5.41) is 9.12. The summed E-state index contributed by atoms with van der Waals surface area (Å²) in [6, 6.07) is 11.7. The molecule has 1 fully saturated rings. The van der Waals surface area contributed by atoms with Crippen LogP contribution in [0.4, 0.5) is 0 Å². The van der Waals surface area contributed by atoms with Gasteiger partial charge in [0.25, 0.3) is 0 Å². The molecule has 2 aromatic rings. The lowest BCUT2D eigenvalue weighted by Gasteiger charge is -2.32. The Morgan fingerprint density at radius 3 is 2.22 bits per heavy atom. The monoisotopic (exact) mass is 480 g/mol. The van der Waals surface area contributed by atoms with Gasteiger partial charge in [0, 0.05) is 19.1 Å². The number of aromatic carboxylic acids is 1. The van der Waals surface area contributed by atoms with E-state index in [-0.39, 0.29) is 33.9 Å². The first-order valence-corrected chi connectivity index (χ1v) is 13.2. The third-order valence-electron chi connectivity index (χ3n) is 5.48. The van der Waals surface area contributed by atoms with Crippen LogP contribution >= 0.6 is 0 Å². The zero-order valence-corrected chi connectivity index (χ0v) is 19.9. The molecule has 0 atom stereocenters. The van der Waals surface area contributed by atoms with Crippen molar-refractivity contribution in [3.05, 3.63) is 59.7 Å². The topological polar surface area (TPSA) is 121 Å². The van der Waals surface area contributed by atoms with E-state index in [9.17, 15) is 21.6 Å².